The van der Waals surface area contributed by atoms with Crippen LogP contribution in [-0.2, 0) is 19.5 Å². The Hall–Kier alpha value is -3.13. The molecule has 31 heavy (non-hydrogen) atoms. The van der Waals surface area contributed by atoms with Crippen LogP contribution < -0.4 is 20.1 Å². The molecule has 0 fully saturated rings. The molecule has 0 radical (unpaired) electrons. The Morgan fingerprint density at radius 2 is 1.81 bits per heavy atom. The van der Waals surface area contributed by atoms with E-state index >= 15 is 0 Å². The van der Waals surface area contributed by atoms with E-state index in [9.17, 15) is 0 Å². The number of para-hydroxylation sites is 1. The molecular formula is C23H29N5O2S. The number of nitrogens with one attached hydrogen (secondary N) is 2. The highest BCUT2D eigenvalue weighted by atomic mass is 32.1. The average molecular weight is 440 g/mol. The lowest BCUT2D eigenvalue weighted by Gasteiger charge is -2.10. The highest BCUT2D eigenvalue weighted by Crippen LogP contribution is 2.13. The zero-order valence-electron chi connectivity index (χ0n) is 18.0. The van der Waals surface area contributed by atoms with Crippen LogP contribution in [0.15, 0.2) is 59.9 Å². The maximum absolute atomic E-state index is 5.64. The number of hydrogen-bond acceptors (Lipinski definition) is 6. The Labute approximate surface area is 187 Å². The number of ether oxygens (including phenoxy) is 2. The van der Waals surface area contributed by atoms with Gasteiger partial charge in [0, 0.05) is 29.9 Å². The Kier molecular flexibility index (Phi) is 9.12. The van der Waals surface area contributed by atoms with Crippen LogP contribution in [0, 0.1) is 0 Å². The lowest BCUT2D eigenvalue weighted by molar-refractivity contribution is 0.212. The molecule has 0 unspecified atom stereocenters. The van der Waals surface area contributed by atoms with E-state index in [0.717, 1.165) is 35.2 Å². The van der Waals surface area contributed by atoms with E-state index in [0.29, 0.717) is 32.2 Å². The van der Waals surface area contributed by atoms with Crippen LogP contribution in [0.5, 0.6) is 11.6 Å². The van der Waals surface area contributed by atoms with E-state index in [1.807, 2.05) is 55.6 Å². The maximum atomic E-state index is 5.64. The molecule has 2 heterocycles. The maximum Gasteiger partial charge on any atom is 0.213 e. The van der Waals surface area contributed by atoms with Crippen LogP contribution in [-0.4, -0.2) is 35.7 Å². The van der Waals surface area contributed by atoms with Crippen molar-refractivity contribution in [1.82, 2.24) is 20.6 Å². The van der Waals surface area contributed by atoms with Crippen molar-refractivity contribution < 1.29 is 9.47 Å². The summed E-state index contributed by atoms with van der Waals surface area (Å²) in [6, 6.07) is 13.5. The first kappa shape index (κ1) is 22.6. The largest absolute Gasteiger partial charge is 0.490 e. The number of guanidine groups is 1. The second kappa shape index (κ2) is 12.5. The molecule has 0 aliphatic heterocycles. The van der Waals surface area contributed by atoms with E-state index in [2.05, 4.69) is 32.5 Å². The van der Waals surface area contributed by atoms with E-state index in [1.165, 1.54) is 4.88 Å². The summed E-state index contributed by atoms with van der Waals surface area (Å²) in [5.41, 5.74) is 1.01. The number of pyridine rings is 1. The SMILES string of the molecule is CCNC(=NCc1ccc(OCCOc2ccccc2)nc1)NCc1ncc(CC)s1. The minimum absolute atomic E-state index is 0.435. The van der Waals surface area contributed by atoms with Crippen molar-refractivity contribution in [3.05, 3.63) is 70.3 Å². The summed E-state index contributed by atoms with van der Waals surface area (Å²) in [5, 5.41) is 7.65. The molecule has 0 aliphatic rings. The number of hydrogen-bond donors (Lipinski definition) is 2. The highest BCUT2D eigenvalue weighted by Gasteiger charge is 2.03. The number of rotatable bonds is 11. The van der Waals surface area contributed by atoms with Gasteiger partial charge in [-0.15, -0.1) is 11.3 Å². The van der Waals surface area contributed by atoms with Crippen LogP contribution in [0.2, 0.25) is 0 Å². The molecule has 1 aromatic carbocycles. The van der Waals surface area contributed by atoms with Gasteiger partial charge in [0.2, 0.25) is 5.88 Å². The summed E-state index contributed by atoms with van der Waals surface area (Å²) in [6.45, 7) is 7.06. The van der Waals surface area contributed by atoms with Gasteiger partial charge in [-0.2, -0.15) is 0 Å². The number of aliphatic imine (C=N–C) groups is 1. The molecule has 164 valence electrons. The van der Waals surface area contributed by atoms with Gasteiger partial charge in [0.15, 0.2) is 5.96 Å². The van der Waals surface area contributed by atoms with Gasteiger partial charge >= 0.3 is 0 Å². The van der Waals surface area contributed by atoms with Crippen molar-refractivity contribution in [2.45, 2.75) is 33.4 Å². The van der Waals surface area contributed by atoms with Gasteiger partial charge in [0.25, 0.3) is 0 Å². The van der Waals surface area contributed by atoms with Crippen LogP contribution in [0.4, 0.5) is 0 Å². The van der Waals surface area contributed by atoms with Gasteiger partial charge in [-0.25, -0.2) is 15.0 Å². The summed E-state index contributed by atoms with van der Waals surface area (Å²) >= 11 is 1.73. The van der Waals surface area contributed by atoms with E-state index in [1.54, 1.807) is 17.5 Å². The van der Waals surface area contributed by atoms with Crippen molar-refractivity contribution in [2.24, 2.45) is 4.99 Å². The molecule has 3 aromatic rings. The van der Waals surface area contributed by atoms with Crippen LogP contribution in [0.1, 0.15) is 29.3 Å². The topological polar surface area (TPSA) is 80.7 Å². The molecule has 0 saturated carbocycles. The van der Waals surface area contributed by atoms with Crippen molar-refractivity contribution >= 4 is 17.3 Å². The Balaban J connectivity index is 1.43. The second-order valence-corrected chi connectivity index (χ2v) is 7.84. The first-order valence-electron chi connectivity index (χ1n) is 10.5. The normalized spacial score (nSPS) is 11.2. The molecule has 2 N–H and O–H groups in total. The summed E-state index contributed by atoms with van der Waals surface area (Å²) in [5.74, 6) is 2.16. The fraction of sp³-hybridized carbons (Fsp3) is 0.348. The van der Waals surface area contributed by atoms with Gasteiger partial charge in [-0.05, 0) is 31.0 Å². The quantitative estimate of drug-likeness (QED) is 0.269. The summed E-state index contributed by atoms with van der Waals surface area (Å²) in [6.07, 6.45) is 4.74. The minimum Gasteiger partial charge on any atom is -0.490 e. The molecule has 2 aromatic heterocycles. The Morgan fingerprint density at radius 3 is 2.52 bits per heavy atom. The first-order chi connectivity index (χ1) is 15.3. The predicted octanol–water partition coefficient (Wildman–Crippen LogP) is 3.81. The molecule has 7 nitrogen and oxygen atoms in total. The van der Waals surface area contributed by atoms with E-state index < -0.39 is 0 Å². The van der Waals surface area contributed by atoms with Gasteiger partial charge in [-0.1, -0.05) is 31.2 Å². The number of aromatic nitrogens is 2. The fourth-order valence-electron chi connectivity index (χ4n) is 2.68. The third kappa shape index (κ3) is 7.90. The predicted molar refractivity (Wildman–Crippen MR) is 125 cm³/mol. The fourth-order valence-corrected chi connectivity index (χ4v) is 3.48. The Morgan fingerprint density at radius 1 is 0.968 bits per heavy atom. The van der Waals surface area contributed by atoms with E-state index in [4.69, 9.17) is 9.47 Å². The molecule has 0 amide bonds. The van der Waals surface area contributed by atoms with Crippen LogP contribution in [0.3, 0.4) is 0 Å². The second-order valence-electron chi connectivity index (χ2n) is 6.64. The van der Waals surface area contributed by atoms with Gasteiger partial charge in [-0.3, -0.25) is 0 Å². The number of nitrogens with zero attached hydrogens (tertiary/aromatic N) is 3. The zero-order valence-corrected chi connectivity index (χ0v) is 18.8. The lowest BCUT2D eigenvalue weighted by atomic mass is 10.3. The molecular weight excluding hydrogens is 410 g/mol. The van der Waals surface area contributed by atoms with Gasteiger partial charge < -0.3 is 20.1 Å². The Bertz CT molecular complexity index is 929. The van der Waals surface area contributed by atoms with Crippen molar-refractivity contribution in [3.8, 4) is 11.6 Å². The molecule has 3 rings (SSSR count). The molecule has 0 bridgehead atoms. The van der Waals surface area contributed by atoms with Crippen molar-refractivity contribution in [3.63, 3.8) is 0 Å². The standard InChI is InChI=1S/C23H29N5O2S/c1-3-20-16-26-22(31-20)17-28-23(24-4-2)27-15-18-10-11-21(25-14-18)30-13-12-29-19-8-6-5-7-9-19/h5-11,14,16H,3-4,12-13,15,17H2,1-2H3,(H2,24,27,28). The van der Waals surface area contributed by atoms with Crippen molar-refractivity contribution in [1.29, 1.82) is 0 Å². The molecule has 0 atom stereocenters. The molecule has 0 saturated heterocycles. The first-order valence-corrected chi connectivity index (χ1v) is 11.3. The summed E-state index contributed by atoms with van der Waals surface area (Å²) < 4.78 is 11.3. The highest BCUT2D eigenvalue weighted by molar-refractivity contribution is 7.11. The minimum atomic E-state index is 0.435. The third-order valence-electron chi connectivity index (χ3n) is 4.26. The lowest BCUT2D eigenvalue weighted by Crippen LogP contribution is -2.36. The van der Waals surface area contributed by atoms with Gasteiger partial charge in [0.05, 0.1) is 13.1 Å². The smallest absolute Gasteiger partial charge is 0.213 e. The van der Waals surface area contributed by atoms with Gasteiger partial charge in [0.1, 0.15) is 24.0 Å². The van der Waals surface area contributed by atoms with Crippen molar-refractivity contribution in [2.75, 3.05) is 19.8 Å². The third-order valence-corrected chi connectivity index (χ3v) is 5.41. The monoisotopic (exact) mass is 439 g/mol. The molecule has 8 heteroatoms. The number of benzene rings is 1. The van der Waals surface area contributed by atoms with E-state index in [-0.39, 0.29) is 0 Å². The number of thiazole rings is 1. The molecule has 0 spiro atoms. The van der Waals surface area contributed by atoms with Crippen LogP contribution in [0.25, 0.3) is 0 Å². The van der Waals surface area contributed by atoms with Crippen LogP contribution >= 0.6 is 11.3 Å². The summed E-state index contributed by atoms with van der Waals surface area (Å²) in [4.78, 5) is 14.7. The summed E-state index contributed by atoms with van der Waals surface area (Å²) in [7, 11) is 0. The average Bonchev–Trinajstić information content (AvgIpc) is 3.28. The number of aryl methyl sites for hydroxylation is 1. The zero-order chi connectivity index (χ0) is 21.7. The molecule has 0 aliphatic carbocycles.